The quantitative estimate of drug-likeness (QED) is 0.815. The minimum atomic E-state index is -0.163. The highest BCUT2D eigenvalue weighted by Crippen LogP contribution is 2.22. The van der Waals surface area contributed by atoms with Crippen molar-refractivity contribution < 1.29 is 9.59 Å². The second kappa shape index (κ2) is 5.34. The molecule has 0 aromatic heterocycles. The van der Waals surface area contributed by atoms with Crippen LogP contribution in [0.15, 0.2) is 24.3 Å². The number of benzene rings is 1. The van der Waals surface area contributed by atoms with Crippen LogP contribution < -0.4 is 5.32 Å². The van der Waals surface area contributed by atoms with Crippen molar-refractivity contribution in [2.24, 2.45) is 0 Å². The summed E-state index contributed by atoms with van der Waals surface area (Å²) in [5.74, 6) is -0.327. The van der Waals surface area contributed by atoms with Gasteiger partial charge in [0, 0.05) is 25.7 Å². The van der Waals surface area contributed by atoms with E-state index in [2.05, 4.69) is 17.3 Å². The molecule has 106 valence electrons. The van der Waals surface area contributed by atoms with Crippen LogP contribution in [0.25, 0.3) is 0 Å². The van der Waals surface area contributed by atoms with Crippen molar-refractivity contribution >= 4 is 11.8 Å². The van der Waals surface area contributed by atoms with E-state index in [1.54, 1.807) is 24.3 Å². The van der Waals surface area contributed by atoms with Gasteiger partial charge in [-0.1, -0.05) is 12.1 Å². The van der Waals surface area contributed by atoms with Crippen molar-refractivity contribution in [2.75, 3.05) is 33.2 Å². The maximum atomic E-state index is 12.2. The Bertz CT molecular complexity index is 503. The molecule has 0 bridgehead atoms. The fourth-order valence-corrected chi connectivity index (χ4v) is 2.90. The van der Waals surface area contributed by atoms with E-state index >= 15 is 0 Å². The molecular formula is C15H19N3O2. The third-order valence-electron chi connectivity index (χ3n) is 4.21. The predicted octanol–water partition coefficient (Wildman–Crippen LogP) is 0.576. The number of imide groups is 1. The minimum absolute atomic E-state index is 0.163. The maximum Gasteiger partial charge on any atom is 0.261 e. The van der Waals surface area contributed by atoms with Crippen LogP contribution in [0.1, 0.15) is 27.1 Å². The molecule has 1 aromatic rings. The molecule has 1 saturated heterocycles. The predicted molar refractivity (Wildman–Crippen MR) is 75.7 cm³/mol. The van der Waals surface area contributed by atoms with Gasteiger partial charge in [-0.15, -0.1) is 0 Å². The van der Waals surface area contributed by atoms with Gasteiger partial charge in [0.05, 0.1) is 11.1 Å². The summed E-state index contributed by atoms with van der Waals surface area (Å²) in [5, 5.41) is 3.32. The van der Waals surface area contributed by atoms with E-state index in [9.17, 15) is 9.59 Å². The first-order chi connectivity index (χ1) is 9.68. The van der Waals surface area contributed by atoms with E-state index in [4.69, 9.17) is 0 Å². The second-order valence-corrected chi connectivity index (χ2v) is 5.43. The molecule has 2 heterocycles. The molecule has 1 atom stereocenters. The Labute approximate surface area is 118 Å². The molecule has 1 unspecified atom stereocenters. The average molecular weight is 273 g/mol. The van der Waals surface area contributed by atoms with Crippen molar-refractivity contribution in [3.63, 3.8) is 0 Å². The van der Waals surface area contributed by atoms with Gasteiger partial charge >= 0.3 is 0 Å². The Morgan fingerprint density at radius 1 is 1.25 bits per heavy atom. The highest BCUT2D eigenvalue weighted by Gasteiger charge is 2.35. The van der Waals surface area contributed by atoms with Crippen molar-refractivity contribution in [3.05, 3.63) is 35.4 Å². The van der Waals surface area contributed by atoms with Gasteiger partial charge in [-0.25, -0.2) is 0 Å². The summed E-state index contributed by atoms with van der Waals surface area (Å²) in [5.41, 5.74) is 1.06. The molecule has 0 radical (unpaired) electrons. The average Bonchev–Trinajstić information content (AvgIpc) is 3.07. The topological polar surface area (TPSA) is 52.7 Å². The van der Waals surface area contributed by atoms with Crippen LogP contribution in [0.3, 0.4) is 0 Å². The van der Waals surface area contributed by atoms with Gasteiger partial charge < -0.3 is 10.2 Å². The number of likely N-dealkylation sites (N-methyl/N-ethyl adjacent to an activating group) is 1. The lowest BCUT2D eigenvalue weighted by atomic mass is 10.1. The largest absolute Gasteiger partial charge is 0.315 e. The first kappa shape index (κ1) is 13.3. The molecule has 1 fully saturated rings. The van der Waals surface area contributed by atoms with Crippen LogP contribution in [0.4, 0.5) is 0 Å². The van der Waals surface area contributed by atoms with Crippen LogP contribution in [0.2, 0.25) is 0 Å². The molecule has 1 N–H and O–H groups in total. The van der Waals surface area contributed by atoms with Crippen LogP contribution in [0, 0.1) is 0 Å². The lowest BCUT2D eigenvalue weighted by Crippen LogP contribution is -2.41. The molecule has 2 amide bonds. The summed E-state index contributed by atoms with van der Waals surface area (Å²) >= 11 is 0. The molecule has 5 heteroatoms. The highest BCUT2D eigenvalue weighted by atomic mass is 16.2. The van der Waals surface area contributed by atoms with E-state index in [1.807, 2.05) is 0 Å². The van der Waals surface area contributed by atoms with E-state index in [0.29, 0.717) is 23.7 Å². The van der Waals surface area contributed by atoms with Gasteiger partial charge in [0.15, 0.2) is 0 Å². The second-order valence-electron chi connectivity index (χ2n) is 5.43. The van der Waals surface area contributed by atoms with Crippen molar-refractivity contribution in [1.29, 1.82) is 0 Å². The SMILES string of the molecule is CN(CCN1C(=O)c2ccccc2C1=O)C1CCNC1. The third kappa shape index (κ3) is 2.23. The molecule has 0 aliphatic carbocycles. The van der Waals surface area contributed by atoms with Crippen LogP contribution in [-0.2, 0) is 0 Å². The van der Waals surface area contributed by atoms with Gasteiger partial charge in [-0.05, 0) is 32.1 Å². The number of fused-ring (bicyclic) bond motifs is 1. The number of nitrogens with one attached hydrogen (secondary N) is 1. The first-order valence-electron chi connectivity index (χ1n) is 7.04. The molecule has 2 aliphatic rings. The molecule has 5 nitrogen and oxygen atoms in total. The number of nitrogens with zero attached hydrogens (tertiary/aromatic N) is 2. The number of rotatable bonds is 4. The summed E-state index contributed by atoms with van der Waals surface area (Å²) in [4.78, 5) is 28.0. The van der Waals surface area contributed by atoms with Crippen molar-refractivity contribution in [3.8, 4) is 0 Å². The number of carbonyl (C=O) groups is 2. The van der Waals surface area contributed by atoms with Gasteiger partial charge in [0.25, 0.3) is 11.8 Å². The van der Waals surface area contributed by atoms with E-state index in [0.717, 1.165) is 26.1 Å². The number of hydrogen-bond acceptors (Lipinski definition) is 4. The van der Waals surface area contributed by atoms with E-state index in [-0.39, 0.29) is 11.8 Å². The normalized spacial score (nSPS) is 21.9. The zero-order valence-corrected chi connectivity index (χ0v) is 11.6. The van der Waals surface area contributed by atoms with Gasteiger partial charge in [0.2, 0.25) is 0 Å². The molecule has 2 aliphatic heterocycles. The van der Waals surface area contributed by atoms with E-state index in [1.165, 1.54) is 4.90 Å². The van der Waals surface area contributed by atoms with Crippen LogP contribution >= 0.6 is 0 Å². The fourth-order valence-electron chi connectivity index (χ4n) is 2.90. The van der Waals surface area contributed by atoms with Crippen molar-refractivity contribution in [1.82, 2.24) is 15.1 Å². The lowest BCUT2D eigenvalue weighted by Gasteiger charge is -2.25. The molecule has 3 rings (SSSR count). The fraction of sp³-hybridized carbons (Fsp3) is 0.467. The van der Waals surface area contributed by atoms with Gasteiger partial charge in [-0.2, -0.15) is 0 Å². The maximum absolute atomic E-state index is 12.2. The summed E-state index contributed by atoms with van der Waals surface area (Å²) < 4.78 is 0. The molecule has 20 heavy (non-hydrogen) atoms. The zero-order chi connectivity index (χ0) is 14.1. The Hall–Kier alpha value is -1.72. The summed E-state index contributed by atoms with van der Waals surface area (Å²) in [6.45, 7) is 3.21. The minimum Gasteiger partial charge on any atom is -0.315 e. The summed E-state index contributed by atoms with van der Waals surface area (Å²) in [6, 6.07) is 7.54. The Kier molecular flexibility index (Phi) is 3.54. The van der Waals surface area contributed by atoms with Crippen molar-refractivity contribution in [2.45, 2.75) is 12.5 Å². The monoisotopic (exact) mass is 273 g/mol. The Balaban J connectivity index is 1.64. The highest BCUT2D eigenvalue weighted by molar-refractivity contribution is 6.21. The number of hydrogen-bond donors (Lipinski definition) is 1. The van der Waals surface area contributed by atoms with Crippen LogP contribution in [-0.4, -0.2) is 60.9 Å². The Morgan fingerprint density at radius 3 is 2.45 bits per heavy atom. The standard InChI is InChI=1S/C15H19N3O2/c1-17(11-6-7-16-10-11)8-9-18-14(19)12-4-2-3-5-13(12)15(18)20/h2-5,11,16H,6-10H2,1H3. The summed E-state index contributed by atoms with van der Waals surface area (Å²) in [6.07, 6.45) is 1.12. The van der Waals surface area contributed by atoms with Crippen LogP contribution in [0.5, 0.6) is 0 Å². The molecule has 0 spiro atoms. The van der Waals surface area contributed by atoms with E-state index < -0.39 is 0 Å². The molecular weight excluding hydrogens is 254 g/mol. The smallest absolute Gasteiger partial charge is 0.261 e. The molecule has 1 aromatic carbocycles. The zero-order valence-electron chi connectivity index (χ0n) is 11.6. The lowest BCUT2D eigenvalue weighted by molar-refractivity contribution is 0.0634. The number of amides is 2. The number of carbonyl (C=O) groups excluding carboxylic acids is 2. The first-order valence-corrected chi connectivity index (χ1v) is 7.04. The summed E-state index contributed by atoms with van der Waals surface area (Å²) in [7, 11) is 2.05. The third-order valence-corrected chi connectivity index (χ3v) is 4.21. The van der Waals surface area contributed by atoms with Gasteiger partial charge in [-0.3, -0.25) is 14.5 Å². The van der Waals surface area contributed by atoms with Gasteiger partial charge in [0.1, 0.15) is 0 Å². The molecule has 0 saturated carbocycles. The Morgan fingerprint density at radius 2 is 1.90 bits per heavy atom.